The number of carbonyl (C=O) groups is 1. The van der Waals surface area contributed by atoms with Crippen LogP contribution in [0, 0.1) is 6.92 Å². The maximum atomic E-state index is 12.4. The second-order valence-corrected chi connectivity index (χ2v) is 6.76. The Balaban J connectivity index is 1.54. The zero-order valence-electron chi connectivity index (χ0n) is 15.3. The largest absolute Gasteiger partial charge is 0.360 e. The van der Waals surface area contributed by atoms with Gasteiger partial charge in [-0.15, -0.1) is 0 Å². The van der Waals surface area contributed by atoms with E-state index in [1.165, 1.54) is 0 Å². The predicted molar refractivity (Wildman–Crippen MR) is 94.0 cm³/mol. The van der Waals surface area contributed by atoms with Gasteiger partial charge in [0, 0.05) is 51.2 Å². The van der Waals surface area contributed by atoms with Crippen molar-refractivity contribution in [3.8, 4) is 0 Å². The first-order chi connectivity index (χ1) is 11.9. The van der Waals surface area contributed by atoms with Gasteiger partial charge in [-0.2, -0.15) is 0 Å². The lowest BCUT2D eigenvalue weighted by atomic mass is 10.1. The average molecular weight is 346 g/mol. The molecule has 0 aromatic carbocycles. The molecule has 0 spiro atoms. The maximum Gasteiger partial charge on any atom is 0.242 e. The lowest BCUT2D eigenvalue weighted by Crippen LogP contribution is -2.56. The Labute approximate surface area is 147 Å². The van der Waals surface area contributed by atoms with Gasteiger partial charge in [0.2, 0.25) is 5.91 Å². The van der Waals surface area contributed by atoms with Crippen molar-refractivity contribution in [1.82, 2.24) is 24.5 Å². The van der Waals surface area contributed by atoms with Crippen molar-refractivity contribution >= 4 is 11.7 Å². The minimum absolute atomic E-state index is 0.0574. The number of rotatable bonds is 5. The normalized spacial score (nSPS) is 20.6. The van der Waals surface area contributed by atoms with Crippen LogP contribution in [0.4, 0.5) is 5.82 Å². The van der Waals surface area contributed by atoms with Crippen LogP contribution in [0.25, 0.3) is 0 Å². The Hall–Kier alpha value is -2.19. The van der Waals surface area contributed by atoms with Crippen LogP contribution in [0.2, 0.25) is 0 Å². The number of aromatic nitrogens is 3. The molecule has 1 saturated heterocycles. The van der Waals surface area contributed by atoms with Crippen molar-refractivity contribution < 1.29 is 9.32 Å². The molecule has 1 aliphatic rings. The number of anilines is 1. The predicted octanol–water partition coefficient (Wildman–Crippen LogP) is 1.25. The molecule has 25 heavy (non-hydrogen) atoms. The maximum absolute atomic E-state index is 12.4. The molecule has 0 unspecified atom stereocenters. The Morgan fingerprint density at radius 1 is 1.48 bits per heavy atom. The Morgan fingerprint density at radius 3 is 2.88 bits per heavy atom. The third-order valence-corrected chi connectivity index (χ3v) is 4.87. The Morgan fingerprint density at radius 2 is 2.28 bits per heavy atom. The van der Waals surface area contributed by atoms with Crippen molar-refractivity contribution in [2.24, 2.45) is 7.05 Å². The van der Waals surface area contributed by atoms with Crippen LogP contribution < -0.4 is 5.32 Å². The number of piperazine rings is 1. The van der Waals surface area contributed by atoms with E-state index in [-0.39, 0.29) is 11.9 Å². The highest BCUT2D eigenvalue weighted by atomic mass is 16.5. The summed E-state index contributed by atoms with van der Waals surface area (Å²) in [5, 5.41) is 6.63. The summed E-state index contributed by atoms with van der Waals surface area (Å²) in [6.45, 7) is 9.36. The van der Waals surface area contributed by atoms with Gasteiger partial charge in [0.1, 0.15) is 11.6 Å². The molecule has 0 radical (unpaired) electrons. The molecule has 1 fully saturated rings. The van der Waals surface area contributed by atoms with E-state index >= 15 is 0 Å². The molecule has 2 aromatic heterocycles. The molecule has 0 bridgehead atoms. The summed E-state index contributed by atoms with van der Waals surface area (Å²) in [6, 6.07) is 1.86. The fourth-order valence-corrected chi connectivity index (χ4v) is 3.16. The average Bonchev–Trinajstić information content (AvgIpc) is 3.17. The van der Waals surface area contributed by atoms with Crippen LogP contribution in [0.3, 0.4) is 0 Å². The van der Waals surface area contributed by atoms with Crippen LogP contribution in [0.5, 0.6) is 0 Å². The van der Waals surface area contributed by atoms with E-state index in [2.05, 4.69) is 36.7 Å². The second kappa shape index (κ2) is 7.37. The zero-order chi connectivity index (χ0) is 18.0. The third-order valence-electron chi connectivity index (χ3n) is 4.87. The summed E-state index contributed by atoms with van der Waals surface area (Å²) in [7, 11) is 2.02. The minimum Gasteiger partial charge on any atom is -0.360 e. The monoisotopic (exact) mass is 346 g/mol. The SMILES string of the molecule is Cc1cc(NC(=O)[C@H](C)N2CCN(Cc3nccn3C)[C@@H](C)C2)no1. The van der Waals surface area contributed by atoms with Crippen molar-refractivity contribution in [3.05, 3.63) is 30.0 Å². The van der Waals surface area contributed by atoms with Gasteiger partial charge in [0.15, 0.2) is 5.82 Å². The number of imidazole rings is 1. The van der Waals surface area contributed by atoms with Crippen molar-refractivity contribution in [2.75, 3.05) is 25.0 Å². The number of nitrogens with one attached hydrogen (secondary N) is 1. The van der Waals surface area contributed by atoms with Gasteiger partial charge >= 0.3 is 0 Å². The summed E-state index contributed by atoms with van der Waals surface area (Å²) in [4.78, 5) is 21.5. The summed E-state index contributed by atoms with van der Waals surface area (Å²) in [5.74, 6) is 2.15. The molecule has 1 amide bonds. The Kier molecular flexibility index (Phi) is 5.19. The van der Waals surface area contributed by atoms with Crippen LogP contribution >= 0.6 is 0 Å². The van der Waals surface area contributed by atoms with Gasteiger partial charge in [-0.05, 0) is 20.8 Å². The number of amides is 1. The number of hydrogen-bond donors (Lipinski definition) is 1. The van der Waals surface area contributed by atoms with E-state index in [4.69, 9.17) is 4.52 Å². The fraction of sp³-hybridized carbons (Fsp3) is 0.588. The van der Waals surface area contributed by atoms with Crippen molar-refractivity contribution in [1.29, 1.82) is 0 Å². The molecule has 3 heterocycles. The van der Waals surface area contributed by atoms with E-state index in [9.17, 15) is 4.79 Å². The van der Waals surface area contributed by atoms with Crippen LogP contribution in [-0.2, 0) is 18.4 Å². The number of aryl methyl sites for hydroxylation is 2. The van der Waals surface area contributed by atoms with E-state index < -0.39 is 0 Å². The third kappa shape index (κ3) is 4.08. The van der Waals surface area contributed by atoms with Crippen molar-refractivity contribution in [3.63, 3.8) is 0 Å². The molecular formula is C17H26N6O2. The highest BCUT2D eigenvalue weighted by molar-refractivity contribution is 5.93. The van der Waals surface area contributed by atoms with Crippen LogP contribution in [0.1, 0.15) is 25.4 Å². The van der Waals surface area contributed by atoms with Gasteiger partial charge in [-0.25, -0.2) is 4.98 Å². The smallest absolute Gasteiger partial charge is 0.242 e. The highest BCUT2D eigenvalue weighted by Gasteiger charge is 2.30. The Bertz CT molecular complexity index is 724. The van der Waals surface area contributed by atoms with Gasteiger partial charge in [0.05, 0.1) is 12.6 Å². The summed E-state index contributed by atoms with van der Waals surface area (Å²) >= 11 is 0. The molecule has 1 aliphatic heterocycles. The van der Waals surface area contributed by atoms with E-state index in [0.717, 1.165) is 32.0 Å². The van der Waals surface area contributed by atoms with Crippen LogP contribution in [0.15, 0.2) is 23.0 Å². The molecule has 136 valence electrons. The molecule has 3 rings (SSSR count). The quantitative estimate of drug-likeness (QED) is 0.878. The first kappa shape index (κ1) is 17.6. The topological polar surface area (TPSA) is 79.4 Å². The first-order valence-electron chi connectivity index (χ1n) is 8.62. The molecule has 1 N–H and O–H groups in total. The molecule has 0 saturated carbocycles. The van der Waals surface area contributed by atoms with E-state index in [1.807, 2.05) is 26.4 Å². The summed E-state index contributed by atoms with van der Waals surface area (Å²) in [5.41, 5.74) is 0. The van der Waals surface area contributed by atoms with Gasteiger partial charge in [-0.3, -0.25) is 14.6 Å². The molecular weight excluding hydrogens is 320 g/mol. The van der Waals surface area contributed by atoms with Gasteiger partial charge < -0.3 is 14.4 Å². The first-order valence-corrected chi connectivity index (χ1v) is 8.62. The van der Waals surface area contributed by atoms with E-state index in [0.29, 0.717) is 17.6 Å². The number of hydrogen-bond acceptors (Lipinski definition) is 6. The number of carbonyl (C=O) groups excluding carboxylic acids is 1. The van der Waals surface area contributed by atoms with E-state index in [1.54, 1.807) is 13.0 Å². The number of nitrogens with zero attached hydrogens (tertiary/aromatic N) is 5. The summed E-state index contributed by atoms with van der Waals surface area (Å²) < 4.78 is 7.04. The summed E-state index contributed by atoms with van der Waals surface area (Å²) in [6.07, 6.45) is 3.79. The molecule has 8 heteroatoms. The lowest BCUT2D eigenvalue weighted by molar-refractivity contribution is -0.122. The molecule has 0 aliphatic carbocycles. The fourth-order valence-electron chi connectivity index (χ4n) is 3.16. The molecule has 2 atom stereocenters. The van der Waals surface area contributed by atoms with Gasteiger partial charge in [0.25, 0.3) is 0 Å². The van der Waals surface area contributed by atoms with Gasteiger partial charge in [-0.1, -0.05) is 5.16 Å². The molecule has 8 nitrogen and oxygen atoms in total. The van der Waals surface area contributed by atoms with Crippen LogP contribution in [-0.4, -0.2) is 62.1 Å². The minimum atomic E-state index is -0.213. The molecule has 2 aromatic rings. The zero-order valence-corrected chi connectivity index (χ0v) is 15.3. The standard InChI is InChI=1S/C17H26N6O2/c1-12-10-23(8-7-22(12)11-16-18-5-6-21(16)4)14(3)17(24)19-15-9-13(2)25-20-15/h5-6,9,12,14H,7-8,10-11H2,1-4H3,(H,19,20,24)/t12-,14-/m0/s1. The highest BCUT2D eigenvalue weighted by Crippen LogP contribution is 2.16. The second-order valence-electron chi connectivity index (χ2n) is 6.76. The lowest BCUT2D eigenvalue weighted by Gasteiger charge is -2.41. The van der Waals surface area contributed by atoms with Crippen molar-refractivity contribution in [2.45, 2.75) is 39.4 Å².